The van der Waals surface area contributed by atoms with Crippen LogP contribution in [0.5, 0.6) is 0 Å². The Balaban J connectivity index is 2.49. The van der Waals surface area contributed by atoms with E-state index in [1.807, 2.05) is 13.8 Å². The van der Waals surface area contributed by atoms with Crippen LogP contribution >= 0.6 is 0 Å². The molecule has 0 fully saturated rings. The highest BCUT2D eigenvalue weighted by molar-refractivity contribution is 5.54. The topological polar surface area (TPSA) is 45.8 Å². The zero-order valence-corrected chi connectivity index (χ0v) is 10.7. The van der Waals surface area contributed by atoms with Gasteiger partial charge in [0.1, 0.15) is 17.5 Å². The Morgan fingerprint density at radius 2 is 1.79 bits per heavy atom. The molecule has 0 saturated heterocycles. The highest BCUT2D eigenvalue weighted by Gasteiger charge is 2.08. The van der Waals surface area contributed by atoms with Gasteiger partial charge in [0, 0.05) is 23.4 Å². The van der Waals surface area contributed by atoms with E-state index in [-0.39, 0.29) is 16.9 Å². The largest absolute Gasteiger partial charge is 0.307 e. The Hall–Kier alpha value is -2.04. The molecule has 19 heavy (non-hydrogen) atoms. The number of H-pyrrole nitrogens is 1. The maximum absolute atomic E-state index is 13.2. The number of benzene rings is 1. The predicted octanol–water partition coefficient (Wildman–Crippen LogP) is 2.91. The molecule has 0 atom stereocenters. The zero-order chi connectivity index (χ0) is 14.0. The number of halogens is 2. The van der Waals surface area contributed by atoms with Gasteiger partial charge in [-0.15, -0.1) is 0 Å². The number of aromatic amines is 1. The number of rotatable bonds is 3. The van der Waals surface area contributed by atoms with Crippen LogP contribution in [0.3, 0.4) is 0 Å². The molecule has 0 bridgehead atoms. The lowest BCUT2D eigenvalue weighted by Crippen LogP contribution is -2.12. The number of hydrogen-bond donors (Lipinski definition) is 1. The molecule has 1 heterocycles. The lowest BCUT2D eigenvalue weighted by Gasteiger charge is -2.07. The van der Waals surface area contributed by atoms with E-state index >= 15 is 0 Å². The molecule has 1 aromatic carbocycles. The quantitative estimate of drug-likeness (QED) is 0.926. The lowest BCUT2D eigenvalue weighted by molar-refractivity contribution is 0.583. The fraction of sp³-hybridized carbons (Fsp3) is 0.286. The average Bonchev–Trinajstić information content (AvgIpc) is 2.25. The third kappa shape index (κ3) is 3.47. The predicted molar refractivity (Wildman–Crippen MR) is 68.8 cm³/mol. The second-order valence-electron chi connectivity index (χ2n) is 4.84. The van der Waals surface area contributed by atoms with Crippen LogP contribution in [0, 0.1) is 17.6 Å². The second kappa shape index (κ2) is 5.30. The average molecular weight is 264 g/mol. The van der Waals surface area contributed by atoms with Gasteiger partial charge in [-0.25, -0.2) is 13.8 Å². The van der Waals surface area contributed by atoms with Crippen molar-refractivity contribution in [2.45, 2.75) is 20.3 Å². The highest BCUT2D eigenvalue weighted by atomic mass is 19.1. The van der Waals surface area contributed by atoms with Gasteiger partial charge >= 0.3 is 0 Å². The van der Waals surface area contributed by atoms with E-state index in [2.05, 4.69) is 9.97 Å². The van der Waals surface area contributed by atoms with Gasteiger partial charge in [0.25, 0.3) is 5.56 Å². The summed E-state index contributed by atoms with van der Waals surface area (Å²) in [7, 11) is 0. The highest BCUT2D eigenvalue weighted by Crippen LogP contribution is 2.17. The second-order valence-corrected chi connectivity index (χ2v) is 4.84. The maximum Gasteiger partial charge on any atom is 0.251 e. The van der Waals surface area contributed by atoms with Crippen molar-refractivity contribution in [1.29, 1.82) is 0 Å². The van der Waals surface area contributed by atoms with E-state index in [1.54, 1.807) is 0 Å². The molecule has 3 nitrogen and oxygen atoms in total. The van der Waals surface area contributed by atoms with Crippen LogP contribution in [0.4, 0.5) is 8.78 Å². The first kappa shape index (κ1) is 13.4. The van der Waals surface area contributed by atoms with Crippen LogP contribution in [0.15, 0.2) is 29.1 Å². The minimum Gasteiger partial charge on any atom is -0.307 e. The van der Waals surface area contributed by atoms with E-state index in [1.165, 1.54) is 6.07 Å². The molecule has 5 heteroatoms. The van der Waals surface area contributed by atoms with Crippen molar-refractivity contribution in [3.63, 3.8) is 0 Å². The summed E-state index contributed by atoms with van der Waals surface area (Å²) in [4.78, 5) is 18.3. The maximum atomic E-state index is 13.2. The van der Waals surface area contributed by atoms with Crippen LogP contribution in [-0.2, 0) is 6.42 Å². The molecular weight excluding hydrogens is 250 g/mol. The van der Waals surface area contributed by atoms with Crippen LogP contribution in [0.25, 0.3) is 11.4 Å². The zero-order valence-electron chi connectivity index (χ0n) is 10.7. The molecule has 0 spiro atoms. The van der Waals surface area contributed by atoms with Crippen LogP contribution in [-0.4, -0.2) is 9.97 Å². The Labute approximate surface area is 109 Å². The van der Waals surface area contributed by atoms with Crippen molar-refractivity contribution < 1.29 is 8.78 Å². The van der Waals surface area contributed by atoms with Gasteiger partial charge in [-0.05, 0) is 24.5 Å². The molecule has 0 aliphatic heterocycles. The van der Waals surface area contributed by atoms with Gasteiger partial charge in [0.15, 0.2) is 0 Å². The summed E-state index contributed by atoms with van der Waals surface area (Å²) in [5, 5.41) is 0. The first-order chi connectivity index (χ1) is 8.94. The van der Waals surface area contributed by atoms with E-state index in [0.29, 0.717) is 18.0 Å². The fourth-order valence-electron chi connectivity index (χ4n) is 1.86. The van der Waals surface area contributed by atoms with Crippen LogP contribution in [0.1, 0.15) is 19.5 Å². The van der Waals surface area contributed by atoms with Crippen LogP contribution < -0.4 is 5.56 Å². The molecule has 0 saturated carbocycles. The number of aromatic nitrogens is 2. The summed E-state index contributed by atoms with van der Waals surface area (Å²) < 4.78 is 26.3. The summed E-state index contributed by atoms with van der Waals surface area (Å²) in [5.74, 6) is -0.883. The van der Waals surface area contributed by atoms with Crippen molar-refractivity contribution in [1.82, 2.24) is 9.97 Å². The molecule has 0 unspecified atom stereocenters. The van der Waals surface area contributed by atoms with Gasteiger partial charge in [0.05, 0.1) is 0 Å². The number of hydrogen-bond acceptors (Lipinski definition) is 2. The summed E-state index contributed by atoms with van der Waals surface area (Å²) in [6, 6.07) is 4.46. The third-order valence-electron chi connectivity index (χ3n) is 2.55. The first-order valence-corrected chi connectivity index (χ1v) is 6.01. The van der Waals surface area contributed by atoms with Crippen molar-refractivity contribution in [3.8, 4) is 11.4 Å². The molecule has 1 N–H and O–H groups in total. The van der Waals surface area contributed by atoms with Gasteiger partial charge in [-0.2, -0.15) is 0 Å². The summed E-state index contributed by atoms with van der Waals surface area (Å²) in [5.41, 5.74) is 0.504. The van der Waals surface area contributed by atoms with E-state index < -0.39 is 11.6 Å². The minimum absolute atomic E-state index is 0.182. The van der Waals surface area contributed by atoms with Crippen LogP contribution in [0.2, 0.25) is 0 Å². The molecule has 1 aromatic heterocycles. The van der Waals surface area contributed by atoms with Crippen molar-refractivity contribution in [3.05, 3.63) is 51.9 Å². The molecular formula is C14H14F2N2O. The van der Waals surface area contributed by atoms with Gasteiger partial charge in [-0.1, -0.05) is 13.8 Å². The van der Waals surface area contributed by atoms with E-state index in [4.69, 9.17) is 0 Å². The smallest absolute Gasteiger partial charge is 0.251 e. The monoisotopic (exact) mass is 264 g/mol. The van der Waals surface area contributed by atoms with Crippen molar-refractivity contribution in [2.75, 3.05) is 0 Å². The van der Waals surface area contributed by atoms with E-state index in [0.717, 1.165) is 18.2 Å². The summed E-state index contributed by atoms with van der Waals surface area (Å²) in [6.45, 7) is 4.01. The Kier molecular flexibility index (Phi) is 3.74. The summed E-state index contributed by atoms with van der Waals surface area (Å²) in [6.07, 6.45) is 0.634. The molecule has 100 valence electrons. The standard InChI is InChI=1S/C14H14F2N2O/c1-8(2)3-12-7-13(19)18-14(17-12)9-4-10(15)6-11(16)5-9/h4-8H,3H2,1-2H3,(H,17,18,19). The van der Waals surface area contributed by atoms with Crippen molar-refractivity contribution >= 4 is 0 Å². The van der Waals surface area contributed by atoms with Gasteiger partial charge in [-0.3, -0.25) is 4.79 Å². The SMILES string of the molecule is CC(C)Cc1cc(=O)[nH]c(-c2cc(F)cc(F)c2)n1. The molecule has 0 aliphatic carbocycles. The Morgan fingerprint density at radius 1 is 1.16 bits per heavy atom. The molecule has 0 amide bonds. The van der Waals surface area contributed by atoms with Crippen molar-refractivity contribution in [2.24, 2.45) is 5.92 Å². The Bertz CT molecular complexity index is 630. The number of nitrogens with one attached hydrogen (secondary N) is 1. The minimum atomic E-state index is -0.702. The first-order valence-electron chi connectivity index (χ1n) is 6.01. The lowest BCUT2D eigenvalue weighted by atomic mass is 10.1. The molecule has 2 rings (SSSR count). The Morgan fingerprint density at radius 3 is 2.37 bits per heavy atom. The number of nitrogens with zero attached hydrogens (tertiary/aromatic N) is 1. The third-order valence-corrected chi connectivity index (χ3v) is 2.55. The van der Waals surface area contributed by atoms with E-state index in [9.17, 15) is 13.6 Å². The molecule has 0 aliphatic rings. The van der Waals surface area contributed by atoms with Gasteiger partial charge in [0.2, 0.25) is 0 Å². The summed E-state index contributed by atoms with van der Waals surface area (Å²) >= 11 is 0. The molecule has 2 aromatic rings. The fourth-order valence-corrected chi connectivity index (χ4v) is 1.86. The van der Waals surface area contributed by atoms with Gasteiger partial charge < -0.3 is 4.98 Å². The molecule has 0 radical (unpaired) electrons. The normalized spacial score (nSPS) is 11.0.